The minimum absolute atomic E-state index is 0.0703. The lowest BCUT2D eigenvalue weighted by molar-refractivity contribution is 0.101. The zero-order valence-electron chi connectivity index (χ0n) is 11.9. The Balaban J connectivity index is 1.83. The summed E-state index contributed by atoms with van der Waals surface area (Å²) in [6.45, 7) is 1.57. The van der Waals surface area contributed by atoms with Crippen LogP contribution in [0.5, 0.6) is 0 Å². The van der Waals surface area contributed by atoms with Crippen LogP contribution in [0.15, 0.2) is 54.6 Å². The van der Waals surface area contributed by atoms with Gasteiger partial charge in [-0.15, -0.1) is 11.3 Å². The molecule has 0 atom stereocenters. The van der Waals surface area contributed by atoms with Crippen molar-refractivity contribution in [2.45, 2.75) is 6.92 Å². The van der Waals surface area contributed by atoms with Gasteiger partial charge < -0.3 is 0 Å². The summed E-state index contributed by atoms with van der Waals surface area (Å²) >= 11 is 1.46. The predicted molar refractivity (Wildman–Crippen MR) is 88.6 cm³/mol. The fourth-order valence-electron chi connectivity index (χ4n) is 2.86. The van der Waals surface area contributed by atoms with Crippen molar-refractivity contribution in [2.24, 2.45) is 0 Å². The van der Waals surface area contributed by atoms with Crippen LogP contribution in [-0.2, 0) is 0 Å². The molecule has 0 aliphatic heterocycles. The lowest BCUT2D eigenvalue weighted by Gasteiger charge is -2.02. The summed E-state index contributed by atoms with van der Waals surface area (Å²) in [4.78, 5) is 25.7. The van der Waals surface area contributed by atoms with E-state index in [0.717, 1.165) is 37.6 Å². The fraction of sp³-hybridized carbons (Fsp3) is 0.0526. The maximum Gasteiger partial charge on any atom is 0.194 e. The average Bonchev–Trinajstić information content (AvgIpc) is 3.13. The minimum Gasteiger partial charge on any atom is -0.294 e. The summed E-state index contributed by atoms with van der Waals surface area (Å²) in [6.07, 6.45) is 0. The summed E-state index contributed by atoms with van der Waals surface area (Å²) in [5, 5.41) is 0. The van der Waals surface area contributed by atoms with E-state index in [1.165, 1.54) is 11.3 Å². The van der Waals surface area contributed by atoms with Crippen LogP contribution in [-0.4, -0.2) is 11.6 Å². The normalized spacial score (nSPS) is 12.1. The Morgan fingerprint density at radius 2 is 1.59 bits per heavy atom. The van der Waals surface area contributed by atoms with E-state index in [1.54, 1.807) is 6.92 Å². The van der Waals surface area contributed by atoms with Gasteiger partial charge in [0.2, 0.25) is 0 Å². The second-order valence-corrected chi connectivity index (χ2v) is 6.44. The Labute approximate surface area is 132 Å². The Morgan fingerprint density at radius 1 is 0.864 bits per heavy atom. The van der Waals surface area contributed by atoms with Gasteiger partial charge in [-0.05, 0) is 41.8 Å². The number of benzene rings is 2. The molecule has 0 amide bonds. The van der Waals surface area contributed by atoms with E-state index in [1.807, 2.05) is 54.6 Å². The second kappa shape index (κ2) is 4.75. The number of rotatable bonds is 2. The van der Waals surface area contributed by atoms with Gasteiger partial charge in [-0.25, -0.2) is 0 Å². The summed E-state index contributed by atoms with van der Waals surface area (Å²) in [5.41, 5.74) is 4.50. The molecular weight excluding hydrogens is 292 g/mol. The van der Waals surface area contributed by atoms with Crippen LogP contribution >= 0.6 is 11.3 Å². The van der Waals surface area contributed by atoms with Crippen molar-refractivity contribution in [2.75, 3.05) is 0 Å². The first-order valence-corrected chi connectivity index (χ1v) is 7.86. The number of fused-ring (bicyclic) bond motifs is 3. The smallest absolute Gasteiger partial charge is 0.194 e. The van der Waals surface area contributed by atoms with E-state index < -0.39 is 0 Å². The highest BCUT2D eigenvalue weighted by Gasteiger charge is 2.26. The van der Waals surface area contributed by atoms with Crippen LogP contribution in [0.3, 0.4) is 0 Å². The highest BCUT2D eigenvalue weighted by molar-refractivity contribution is 7.17. The van der Waals surface area contributed by atoms with Crippen molar-refractivity contribution in [3.63, 3.8) is 0 Å². The Morgan fingerprint density at radius 3 is 2.32 bits per heavy atom. The van der Waals surface area contributed by atoms with Crippen LogP contribution < -0.4 is 0 Å². The van der Waals surface area contributed by atoms with Crippen molar-refractivity contribution in [3.8, 4) is 21.6 Å². The van der Waals surface area contributed by atoms with E-state index in [0.29, 0.717) is 0 Å². The molecule has 2 aromatic carbocycles. The van der Waals surface area contributed by atoms with Gasteiger partial charge in [0.1, 0.15) is 0 Å². The quantitative estimate of drug-likeness (QED) is 0.497. The summed E-state index contributed by atoms with van der Waals surface area (Å²) in [6, 6.07) is 17.4. The van der Waals surface area contributed by atoms with E-state index in [4.69, 9.17) is 0 Å². The molecule has 0 saturated heterocycles. The number of carbonyl (C=O) groups is 2. The number of hydrogen-bond donors (Lipinski definition) is 0. The maximum atomic E-state index is 12.5. The first-order chi connectivity index (χ1) is 10.6. The van der Waals surface area contributed by atoms with E-state index in [-0.39, 0.29) is 11.6 Å². The molecule has 0 radical (unpaired) electrons. The molecule has 2 nitrogen and oxygen atoms in total. The number of ketones is 2. The standard InChI is InChI=1S/C19H12O2S/c1-11(20)17-8-9-18(22-17)12-6-7-14-13-4-2-3-5-15(13)19(21)16(14)10-12/h2-10H,1H3. The Bertz CT molecular complexity index is 934. The third-order valence-corrected chi connectivity index (χ3v) is 5.20. The van der Waals surface area contributed by atoms with Crippen LogP contribution in [0, 0.1) is 0 Å². The molecule has 1 aromatic heterocycles. The lowest BCUT2D eigenvalue weighted by Crippen LogP contribution is -1.94. The van der Waals surface area contributed by atoms with Gasteiger partial charge in [0.05, 0.1) is 4.88 Å². The minimum atomic E-state index is 0.0703. The molecule has 1 aliphatic carbocycles. The number of thiophene rings is 1. The molecule has 0 saturated carbocycles. The molecule has 106 valence electrons. The first kappa shape index (κ1) is 13.2. The molecule has 0 fully saturated rings. The van der Waals surface area contributed by atoms with Gasteiger partial charge >= 0.3 is 0 Å². The molecule has 1 heterocycles. The molecule has 3 aromatic rings. The topological polar surface area (TPSA) is 34.1 Å². The van der Waals surface area contributed by atoms with Gasteiger partial charge in [-0.1, -0.05) is 36.4 Å². The zero-order chi connectivity index (χ0) is 15.3. The zero-order valence-corrected chi connectivity index (χ0v) is 12.7. The average molecular weight is 304 g/mol. The predicted octanol–water partition coefficient (Wildman–Crippen LogP) is 4.83. The molecule has 3 heteroatoms. The van der Waals surface area contributed by atoms with Crippen LogP contribution in [0.1, 0.15) is 32.5 Å². The molecule has 22 heavy (non-hydrogen) atoms. The largest absolute Gasteiger partial charge is 0.294 e. The fourth-order valence-corrected chi connectivity index (χ4v) is 3.76. The maximum absolute atomic E-state index is 12.5. The van der Waals surface area contributed by atoms with E-state index >= 15 is 0 Å². The highest BCUT2D eigenvalue weighted by Crippen LogP contribution is 2.39. The molecule has 0 spiro atoms. The van der Waals surface area contributed by atoms with Gasteiger partial charge in [-0.2, -0.15) is 0 Å². The molecule has 0 bridgehead atoms. The molecule has 4 rings (SSSR count). The second-order valence-electron chi connectivity index (χ2n) is 5.36. The highest BCUT2D eigenvalue weighted by atomic mass is 32.1. The van der Waals surface area contributed by atoms with Crippen molar-refractivity contribution in [1.29, 1.82) is 0 Å². The number of Topliss-reactive ketones (excluding diaryl/α,β-unsaturated/α-hetero) is 1. The van der Waals surface area contributed by atoms with E-state index in [9.17, 15) is 9.59 Å². The molecule has 0 unspecified atom stereocenters. The number of hydrogen-bond acceptors (Lipinski definition) is 3. The van der Waals surface area contributed by atoms with Crippen LogP contribution in [0.4, 0.5) is 0 Å². The lowest BCUT2D eigenvalue weighted by atomic mass is 10.0. The Hall–Kier alpha value is -2.52. The van der Waals surface area contributed by atoms with Crippen molar-refractivity contribution >= 4 is 22.9 Å². The van der Waals surface area contributed by atoms with Gasteiger partial charge in [0, 0.05) is 16.0 Å². The number of carbonyl (C=O) groups excluding carboxylic acids is 2. The van der Waals surface area contributed by atoms with Gasteiger partial charge in [-0.3, -0.25) is 9.59 Å². The summed E-state index contributed by atoms with van der Waals surface area (Å²) in [7, 11) is 0. The molecule has 1 aliphatic rings. The molecule has 0 N–H and O–H groups in total. The first-order valence-electron chi connectivity index (χ1n) is 7.04. The van der Waals surface area contributed by atoms with Crippen LogP contribution in [0.2, 0.25) is 0 Å². The third-order valence-electron chi connectivity index (χ3n) is 3.96. The summed E-state index contributed by atoms with van der Waals surface area (Å²) in [5.74, 6) is 0.150. The SMILES string of the molecule is CC(=O)c1ccc(-c2ccc3c(c2)C(=O)c2ccccc2-3)s1. The van der Waals surface area contributed by atoms with Gasteiger partial charge in [0.25, 0.3) is 0 Å². The Kier molecular flexibility index (Phi) is 2.84. The van der Waals surface area contributed by atoms with Crippen molar-refractivity contribution in [3.05, 3.63) is 70.6 Å². The van der Waals surface area contributed by atoms with E-state index in [2.05, 4.69) is 0 Å². The van der Waals surface area contributed by atoms with Crippen LogP contribution in [0.25, 0.3) is 21.6 Å². The van der Waals surface area contributed by atoms with Crippen molar-refractivity contribution in [1.82, 2.24) is 0 Å². The van der Waals surface area contributed by atoms with Gasteiger partial charge in [0.15, 0.2) is 11.6 Å². The molecular formula is C19H12O2S. The third kappa shape index (κ3) is 1.86. The van der Waals surface area contributed by atoms with Crippen molar-refractivity contribution < 1.29 is 9.59 Å². The monoisotopic (exact) mass is 304 g/mol. The summed E-state index contributed by atoms with van der Waals surface area (Å²) < 4.78 is 0.